The van der Waals surface area contributed by atoms with Crippen LogP contribution >= 0.6 is 11.9 Å². The predicted molar refractivity (Wildman–Crippen MR) is 126 cm³/mol. The molecule has 7 nitrogen and oxygen atoms in total. The molecule has 4 N–H and O–H groups in total. The van der Waals surface area contributed by atoms with Crippen molar-refractivity contribution in [2.75, 3.05) is 6.54 Å². The lowest BCUT2D eigenvalue weighted by molar-refractivity contribution is -0.140. The van der Waals surface area contributed by atoms with E-state index in [9.17, 15) is 14.4 Å². The standard InChI is InChI=1S/C23H40N4O3S/c1-5-6-7-8-9-11-16(2)19(21(29)26-31-23(4)13-14-23)25-20(28)18-12-10-15-27(18)22(30)17(3)24/h9,11,16-19H,5-8,10,12-15,24H2,1-4H3,(H,25,28)(H,26,29)/b11-9-/t16-,17-,18?,19?/m0/s1. The van der Waals surface area contributed by atoms with E-state index >= 15 is 0 Å². The number of carbonyl (C=O) groups is 3. The summed E-state index contributed by atoms with van der Waals surface area (Å²) < 4.78 is 3.06. The van der Waals surface area contributed by atoms with Crippen molar-refractivity contribution in [2.24, 2.45) is 11.7 Å². The summed E-state index contributed by atoms with van der Waals surface area (Å²) in [5, 5.41) is 2.94. The molecule has 0 aromatic rings. The van der Waals surface area contributed by atoms with Crippen LogP contribution in [0.25, 0.3) is 0 Å². The molecule has 31 heavy (non-hydrogen) atoms. The van der Waals surface area contributed by atoms with Crippen molar-refractivity contribution in [1.82, 2.24) is 14.9 Å². The average Bonchev–Trinajstić information content (AvgIpc) is 3.26. The van der Waals surface area contributed by atoms with Gasteiger partial charge in [-0.05, 0) is 64.3 Å². The summed E-state index contributed by atoms with van der Waals surface area (Å²) in [6.45, 7) is 8.40. The summed E-state index contributed by atoms with van der Waals surface area (Å²) in [6.07, 6.45) is 12.1. The lowest BCUT2D eigenvalue weighted by atomic mass is 9.99. The van der Waals surface area contributed by atoms with Crippen molar-refractivity contribution in [3.63, 3.8) is 0 Å². The number of hydrogen-bond acceptors (Lipinski definition) is 5. The molecule has 0 spiro atoms. The maximum absolute atomic E-state index is 13.1. The first-order valence-electron chi connectivity index (χ1n) is 11.7. The summed E-state index contributed by atoms with van der Waals surface area (Å²) in [6, 6.07) is -1.89. The summed E-state index contributed by atoms with van der Waals surface area (Å²) >= 11 is 1.45. The average molecular weight is 453 g/mol. The second-order valence-corrected chi connectivity index (χ2v) is 10.7. The maximum Gasteiger partial charge on any atom is 0.252 e. The Morgan fingerprint density at radius 1 is 1.26 bits per heavy atom. The molecule has 2 fully saturated rings. The number of likely N-dealkylation sites (tertiary alicyclic amines) is 1. The Labute approximate surface area is 191 Å². The molecular formula is C23H40N4O3S. The number of unbranched alkanes of at least 4 members (excludes halogenated alkanes) is 3. The highest BCUT2D eigenvalue weighted by atomic mass is 32.2. The number of nitrogens with two attached hydrogens (primary N) is 1. The van der Waals surface area contributed by atoms with Crippen LogP contribution in [0.1, 0.15) is 79.1 Å². The molecule has 0 bridgehead atoms. The van der Waals surface area contributed by atoms with Gasteiger partial charge >= 0.3 is 0 Å². The lowest BCUT2D eigenvalue weighted by Gasteiger charge is -2.29. The third-order valence-corrected chi connectivity index (χ3v) is 7.30. The second kappa shape index (κ2) is 11.9. The van der Waals surface area contributed by atoms with Crippen LogP contribution in [0.3, 0.4) is 0 Å². The summed E-state index contributed by atoms with van der Waals surface area (Å²) in [7, 11) is 0. The number of carbonyl (C=O) groups excluding carboxylic acids is 3. The van der Waals surface area contributed by atoms with Gasteiger partial charge in [-0.25, -0.2) is 0 Å². The molecule has 0 radical (unpaired) electrons. The molecule has 0 aromatic carbocycles. The van der Waals surface area contributed by atoms with E-state index in [1.807, 2.05) is 13.0 Å². The molecule has 3 amide bonds. The van der Waals surface area contributed by atoms with E-state index in [2.05, 4.69) is 30.0 Å². The molecule has 1 saturated heterocycles. The van der Waals surface area contributed by atoms with Gasteiger partial charge in [0.1, 0.15) is 12.1 Å². The maximum atomic E-state index is 13.1. The van der Waals surface area contributed by atoms with Crippen LogP contribution < -0.4 is 15.8 Å². The minimum atomic E-state index is -0.683. The Kier molecular flexibility index (Phi) is 9.88. The molecule has 0 aromatic heterocycles. The Hall–Kier alpha value is -1.54. The Morgan fingerprint density at radius 3 is 2.58 bits per heavy atom. The van der Waals surface area contributed by atoms with Gasteiger partial charge < -0.3 is 16.0 Å². The number of allylic oxidation sites excluding steroid dienone is 1. The van der Waals surface area contributed by atoms with E-state index < -0.39 is 18.1 Å². The van der Waals surface area contributed by atoms with Gasteiger partial charge in [-0.15, -0.1) is 0 Å². The van der Waals surface area contributed by atoms with Crippen molar-refractivity contribution in [3.05, 3.63) is 12.2 Å². The highest BCUT2D eigenvalue weighted by Gasteiger charge is 2.41. The zero-order valence-electron chi connectivity index (χ0n) is 19.5. The largest absolute Gasteiger partial charge is 0.342 e. The first-order chi connectivity index (χ1) is 14.7. The number of rotatable bonds is 12. The first kappa shape index (κ1) is 25.7. The zero-order chi connectivity index (χ0) is 23.0. The minimum absolute atomic E-state index is 0.107. The summed E-state index contributed by atoms with van der Waals surface area (Å²) in [4.78, 5) is 40.0. The SMILES string of the molecule is CCCCC/C=C\[C@H](C)C(NC(=O)C1CCCN1C(=O)[C@H](C)N)C(=O)NSC1(C)CC1. The second-order valence-electron chi connectivity index (χ2n) is 9.27. The fourth-order valence-electron chi connectivity index (χ4n) is 3.70. The quantitative estimate of drug-likeness (QED) is 0.240. The van der Waals surface area contributed by atoms with Crippen molar-refractivity contribution >= 4 is 29.7 Å². The Bertz CT molecular complexity index is 663. The third-order valence-electron chi connectivity index (χ3n) is 6.10. The fourth-order valence-corrected chi connectivity index (χ4v) is 4.48. The van der Waals surface area contributed by atoms with E-state index in [1.54, 1.807) is 11.8 Å². The van der Waals surface area contributed by atoms with Crippen LogP contribution in [-0.2, 0) is 14.4 Å². The molecule has 1 heterocycles. The minimum Gasteiger partial charge on any atom is -0.342 e. The van der Waals surface area contributed by atoms with Gasteiger partial charge in [0.25, 0.3) is 5.91 Å². The number of nitrogens with one attached hydrogen (secondary N) is 2. The molecule has 1 aliphatic heterocycles. The topological polar surface area (TPSA) is 105 Å². The monoisotopic (exact) mass is 452 g/mol. The number of hydrogen-bond donors (Lipinski definition) is 3. The van der Waals surface area contributed by atoms with Gasteiger partial charge in [0.2, 0.25) is 11.8 Å². The van der Waals surface area contributed by atoms with E-state index in [-0.39, 0.29) is 28.4 Å². The van der Waals surface area contributed by atoms with Crippen LogP contribution in [0.15, 0.2) is 12.2 Å². The lowest BCUT2D eigenvalue weighted by Crippen LogP contribution is -2.56. The highest BCUT2D eigenvalue weighted by Crippen LogP contribution is 2.46. The van der Waals surface area contributed by atoms with E-state index in [0.29, 0.717) is 13.0 Å². The molecule has 2 rings (SSSR count). The molecule has 1 saturated carbocycles. The molecule has 8 heteroatoms. The summed E-state index contributed by atoms with van der Waals surface area (Å²) in [5.74, 6) is -0.849. The van der Waals surface area contributed by atoms with Crippen LogP contribution in [0.5, 0.6) is 0 Å². The summed E-state index contributed by atoms with van der Waals surface area (Å²) in [5.41, 5.74) is 5.75. The van der Waals surface area contributed by atoms with Gasteiger partial charge in [0.05, 0.1) is 6.04 Å². The van der Waals surface area contributed by atoms with Gasteiger partial charge in [0.15, 0.2) is 0 Å². The van der Waals surface area contributed by atoms with Gasteiger partial charge in [-0.1, -0.05) is 38.8 Å². The number of nitrogens with zero attached hydrogens (tertiary/aromatic N) is 1. The third kappa shape index (κ3) is 7.83. The van der Waals surface area contributed by atoms with Gasteiger partial charge in [-0.3, -0.25) is 19.1 Å². The van der Waals surface area contributed by atoms with Gasteiger partial charge in [-0.2, -0.15) is 0 Å². The van der Waals surface area contributed by atoms with Crippen molar-refractivity contribution in [1.29, 1.82) is 0 Å². The molecule has 2 aliphatic rings. The van der Waals surface area contributed by atoms with Gasteiger partial charge in [0, 0.05) is 17.2 Å². The predicted octanol–water partition coefficient (Wildman–Crippen LogP) is 2.90. The number of amides is 3. The Balaban J connectivity index is 2.04. The van der Waals surface area contributed by atoms with Crippen LogP contribution in [0.4, 0.5) is 0 Å². The van der Waals surface area contributed by atoms with Crippen molar-refractivity contribution < 1.29 is 14.4 Å². The van der Waals surface area contributed by atoms with E-state index in [1.165, 1.54) is 24.8 Å². The van der Waals surface area contributed by atoms with Crippen molar-refractivity contribution in [3.8, 4) is 0 Å². The Morgan fingerprint density at radius 2 is 1.97 bits per heavy atom. The molecular weight excluding hydrogens is 412 g/mol. The zero-order valence-corrected chi connectivity index (χ0v) is 20.3. The normalized spacial score (nSPS) is 22.7. The van der Waals surface area contributed by atoms with Crippen LogP contribution in [0, 0.1) is 5.92 Å². The highest BCUT2D eigenvalue weighted by molar-refractivity contribution is 7.99. The van der Waals surface area contributed by atoms with Crippen LogP contribution in [-0.4, -0.2) is 52.0 Å². The fraction of sp³-hybridized carbons (Fsp3) is 0.783. The van der Waals surface area contributed by atoms with E-state index in [4.69, 9.17) is 5.73 Å². The van der Waals surface area contributed by atoms with Crippen LogP contribution in [0.2, 0.25) is 0 Å². The molecule has 176 valence electrons. The first-order valence-corrected chi connectivity index (χ1v) is 12.5. The molecule has 4 atom stereocenters. The smallest absolute Gasteiger partial charge is 0.252 e. The molecule has 1 aliphatic carbocycles. The molecule has 2 unspecified atom stereocenters. The van der Waals surface area contributed by atoms with Crippen molar-refractivity contribution in [2.45, 2.75) is 102 Å². The van der Waals surface area contributed by atoms with E-state index in [0.717, 1.165) is 32.1 Å².